The highest BCUT2D eigenvalue weighted by molar-refractivity contribution is 5.98. The summed E-state index contributed by atoms with van der Waals surface area (Å²) in [5.41, 5.74) is 0.743. The van der Waals surface area contributed by atoms with Crippen molar-refractivity contribution in [3.63, 3.8) is 0 Å². The summed E-state index contributed by atoms with van der Waals surface area (Å²) in [5.74, 6) is -0.932. The SMILES string of the molecule is CCOC(=O)c1ccc(NC(=O)[C@H]2CC(=O)N(C(C)(C)C)C2)cc1. The quantitative estimate of drug-likeness (QED) is 0.859. The third-order valence-corrected chi connectivity index (χ3v) is 3.97. The monoisotopic (exact) mass is 332 g/mol. The Morgan fingerprint density at radius 3 is 2.38 bits per heavy atom. The molecule has 1 atom stereocenters. The topological polar surface area (TPSA) is 75.7 Å². The minimum absolute atomic E-state index is 0.000286. The third kappa shape index (κ3) is 4.13. The fraction of sp³-hybridized carbons (Fsp3) is 0.500. The zero-order valence-electron chi connectivity index (χ0n) is 14.6. The zero-order valence-corrected chi connectivity index (χ0v) is 14.6. The molecule has 1 fully saturated rings. The third-order valence-electron chi connectivity index (χ3n) is 3.97. The second-order valence-electron chi connectivity index (χ2n) is 6.86. The molecule has 2 rings (SSSR count). The maximum Gasteiger partial charge on any atom is 0.338 e. The smallest absolute Gasteiger partial charge is 0.338 e. The number of amides is 2. The molecule has 0 spiro atoms. The first-order chi connectivity index (χ1) is 11.2. The van der Waals surface area contributed by atoms with Gasteiger partial charge in [0.15, 0.2) is 0 Å². The summed E-state index contributed by atoms with van der Waals surface area (Å²) in [4.78, 5) is 37.8. The molecule has 1 aromatic carbocycles. The lowest BCUT2D eigenvalue weighted by Crippen LogP contribution is -2.42. The number of esters is 1. The van der Waals surface area contributed by atoms with Gasteiger partial charge in [-0.2, -0.15) is 0 Å². The van der Waals surface area contributed by atoms with Crippen molar-refractivity contribution in [2.75, 3.05) is 18.5 Å². The van der Waals surface area contributed by atoms with Crippen molar-refractivity contribution >= 4 is 23.5 Å². The minimum atomic E-state index is -0.391. The van der Waals surface area contributed by atoms with Crippen molar-refractivity contribution in [1.82, 2.24) is 4.90 Å². The van der Waals surface area contributed by atoms with Gasteiger partial charge in [-0.15, -0.1) is 0 Å². The molecule has 1 aliphatic heterocycles. The van der Waals surface area contributed by atoms with E-state index in [9.17, 15) is 14.4 Å². The number of ether oxygens (including phenoxy) is 1. The average Bonchev–Trinajstić information content (AvgIpc) is 2.90. The Kier molecular flexibility index (Phi) is 5.26. The van der Waals surface area contributed by atoms with Crippen LogP contribution in [0, 0.1) is 5.92 Å². The number of rotatable bonds is 4. The van der Waals surface area contributed by atoms with Gasteiger partial charge in [-0.3, -0.25) is 9.59 Å². The van der Waals surface area contributed by atoms with Gasteiger partial charge in [-0.05, 0) is 52.0 Å². The summed E-state index contributed by atoms with van der Waals surface area (Å²) in [6.45, 7) is 8.36. The second kappa shape index (κ2) is 7.03. The van der Waals surface area contributed by atoms with Crippen molar-refractivity contribution in [2.45, 2.75) is 39.7 Å². The fourth-order valence-electron chi connectivity index (χ4n) is 2.68. The molecule has 1 aromatic rings. The molecule has 6 nitrogen and oxygen atoms in total. The van der Waals surface area contributed by atoms with E-state index in [4.69, 9.17) is 4.74 Å². The van der Waals surface area contributed by atoms with Gasteiger partial charge in [0.25, 0.3) is 0 Å². The Labute approximate surface area is 142 Å². The van der Waals surface area contributed by atoms with Crippen LogP contribution in [-0.2, 0) is 14.3 Å². The number of hydrogen-bond acceptors (Lipinski definition) is 4. The first-order valence-corrected chi connectivity index (χ1v) is 8.11. The van der Waals surface area contributed by atoms with E-state index in [-0.39, 0.29) is 29.7 Å². The summed E-state index contributed by atoms with van der Waals surface area (Å²) < 4.78 is 4.92. The number of nitrogens with one attached hydrogen (secondary N) is 1. The van der Waals surface area contributed by atoms with Crippen LogP contribution in [0.25, 0.3) is 0 Å². The minimum Gasteiger partial charge on any atom is -0.462 e. The predicted octanol–water partition coefficient (Wildman–Crippen LogP) is 2.45. The largest absolute Gasteiger partial charge is 0.462 e. The van der Waals surface area contributed by atoms with Crippen LogP contribution in [0.4, 0.5) is 5.69 Å². The van der Waals surface area contributed by atoms with E-state index in [0.717, 1.165) is 0 Å². The second-order valence-corrected chi connectivity index (χ2v) is 6.86. The van der Waals surface area contributed by atoms with Crippen LogP contribution in [0.2, 0.25) is 0 Å². The van der Waals surface area contributed by atoms with Gasteiger partial charge in [-0.25, -0.2) is 4.79 Å². The molecule has 1 heterocycles. The van der Waals surface area contributed by atoms with E-state index in [1.165, 1.54) is 0 Å². The normalized spacial score (nSPS) is 17.8. The molecule has 2 amide bonds. The molecule has 0 unspecified atom stereocenters. The molecule has 6 heteroatoms. The Balaban J connectivity index is 1.98. The molecule has 1 aliphatic rings. The summed E-state index contributed by atoms with van der Waals surface area (Å²) >= 11 is 0. The lowest BCUT2D eigenvalue weighted by molar-refractivity contribution is -0.131. The molecule has 0 saturated carbocycles. The number of carbonyl (C=O) groups excluding carboxylic acids is 3. The Hall–Kier alpha value is -2.37. The molecule has 130 valence electrons. The van der Waals surface area contributed by atoms with Gasteiger partial charge in [0.2, 0.25) is 11.8 Å². The Morgan fingerprint density at radius 1 is 1.25 bits per heavy atom. The lowest BCUT2D eigenvalue weighted by Gasteiger charge is -2.31. The van der Waals surface area contributed by atoms with E-state index < -0.39 is 5.97 Å². The van der Waals surface area contributed by atoms with Gasteiger partial charge >= 0.3 is 5.97 Å². The van der Waals surface area contributed by atoms with Gasteiger partial charge in [0.05, 0.1) is 18.1 Å². The van der Waals surface area contributed by atoms with Crippen LogP contribution in [0.1, 0.15) is 44.5 Å². The summed E-state index contributed by atoms with van der Waals surface area (Å²) in [5, 5.41) is 2.80. The highest BCUT2D eigenvalue weighted by atomic mass is 16.5. The van der Waals surface area contributed by atoms with Crippen LogP contribution in [-0.4, -0.2) is 41.4 Å². The zero-order chi connectivity index (χ0) is 17.9. The molecule has 0 bridgehead atoms. The maximum absolute atomic E-state index is 12.4. The molecule has 0 aliphatic carbocycles. The van der Waals surface area contributed by atoms with E-state index >= 15 is 0 Å². The van der Waals surface area contributed by atoms with Crippen molar-refractivity contribution in [1.29, 1.82) is 0 Å². The average molecular weight is 332 g/mol. The first kappa shape index (κ1) is 18.0. The van der Waals surface area contributed by atoms with Crippen molar-refractivity contribution in [3.8, 4) is 0 Å². The van der Waals surface area contributed by atoms with Crippen molar-refractivity contribution < 1.29 is 19.1 Å². The molecular weight excluding hydrogens is 308 g/mol. The number of anilines is 1. The van der Waals surface area contributed by atoms with E-state index in [2.05, 4.69) is 5.32 Å². The van der Waals surface area contributed by atoms with Crippen LogP contribution < -0.4 is 5.32 Å². The maximum atomic E-state index is 12.4. The highest BCUT2D eigenvalue weighted by Crippen LogP contribution is 2.26. The Bertz CT molecular complexity index is 631. The number of carbonyl (C=O) groups is 3. The number of nitrogens with zero attached hydrogens (tertiary/aromatic N) is 1. The van der Waals surface area contributed by atoms with Crippen LogP contribution in [0.3, 0.4) is 0 Å². The fourth-order valence-corrected chi connectivity index (χ4v) is 2.68. The van der Waals surface area contributed by atoms with Gasteiger partial charge in [0, 0.05) is 24.2 Å². The van der Waals surface area contributed by atoms with E-state index in [0.29, 0.717) is 24.4 Å². The van der Waals surface area contributed by atoms with E-state index in [1.807, 2.05) is 20.8 Å². The molecule has 0 aromatic heterocycles. The molecule has 1 N–H and O–H groups in total. The summed E-state index contributed by atoms with van der Waals surface area (Å²) in [6, 6.07) is 6.52. The van der Waals surface area contributed by atoms with Crippen molar-refractivity contribution in [2.24, 2.45) is 5.92 Å². The molecule has 24 heavy (non-hydrogen) atoms. The van der Waals surface area contributed by atoms with Crippen LogP contribution in [0.5, 0.6) is 0 Å². The number of hydrogen-bond donors (Lipinski definition) is 1. The standard InChI is InChI=1S/C18H24N2O4/c1-5-24-17(23)12-6-8-14(9-7-12)19-16(22)13-10-15(21)20(11-13)18(2,3)4/h6-9,13H,5,10-11H2,1-4H3,(H,19,22)/t13-/m0/s1. The molecule has 1 saturated heterocycles. The summed E-state index contributed by atoms with van der Waals surface area (Å²) in [7, 11) is 0. The van der Waals surface area contributed by atoms with Crippen LogP contribution in [0.15, 0.2) is 24.3 Å². The number of likely N-dealkylation sites (tertiary alicyclic amines) is 1. The lowest BCUT2D eigenvalue weighted by atomic mass is 10.1. The molecular formula is C18H24N2O4. The highest BCUT2D eigenvalue weighted by Gasteiger charge is 2.39. The first-order valence-electron chi connectivity index (χ1n) is 8.11. The number of benzene rings is 1. The van der Waals surface area contributed by atoms with Gasteiger partial charge in [0.1, 0.15) is 0 Å². The van der Waals surface area contributed by atoms with Crippen molar-refractivity contribution in [3.05, 3.63) is 29.8 Å². The van der Waals surface area contributed by atoms with Crippen LogP contribution >= 0.6 is 0 Å². The van der Waals surface area contributed by atoms with Gasteiger partial charge in [-0.1, -0.05) is 0 Å². The predicted molar refractivity (Wildman–Crippen MR) is 90.6 cm³/mol. The van der Waals surface area contributed by atoms with Gasteiger partial charge < -0.3 is 15.0 Å². The summed E-state index contributed by atoms with van der Waals surface area (Å²) in [6.07, 6.45) is 0.226. The Morgan fingerprint density at radius 2 is 1.88 bits per heavy atom. The van der Waals surface area contributed by atoms with E-state index in [1.54, 1.807) is 36.1 Å². The molecule has 0 radical (unpaired) electrons.